The molecule has 2 rings (SSSR count). The number of aromatic hydroxyl groups is 1. The summed E-state index contributed by atoms with van der Waals surface area (Å²) in [5.41, 5.74) is 0.783. The summed E-state index contributed by atoms with van der Waals surface area (Å²) in [5, 5.41) is 12.3. The third-order valence-corrected chi connectivity index (χ3v) is 3.02. The molecule has 0 bridgehead atoms. The van der Waals surface area contributed by atoms with Crippen LogP contribution in [0.3, 0.4) is 0 Å². The first-order chi connectivity index (χ1) is 11.1. The molecule has 2 N–H and O–H groups in total. The fraction of sp³-hybridized carbons (Fsp3) is 0.111. The molecule has 5 heteroatoms. The Labute approximate surface area is 134 Å². The maximum atomic E-state index is 12.2. The number of ether oxygens (including phenoxy) is 1. The number of rotatable bonds is 5. The molecule has 0 fully saturated rings. The molecule has 0 saturated heterocycles. The van der Waals surface area contributed by atoms with Crippen LogP contribution in [0, 0.1) is 0 Å². The Morgan fingerprint density at radius 3 is 2.39 bits per heavy atom. The summed E-state index contributed by atoms with van der Waals surface area (Å²) in [6, 6.07) is 15.0. The Morgan fingerprint density at radius 2 is 1.74 bits per heavy atom. The van der Waals surface area contributed by atoms with Crippen LogP contribution >= 0.6 is 0 Å². The second-order valence-corrected chi connectivity index (χ2v) is 4.66. The molecule has 0 radical (unpaired) electrons. The first-order valence-corrected chi connectivity index (χ1v) is 7.15. The molecule has 0 aliphatic rings. The van der Waals surface area contributed by atoms with E-state index in [1.807, 2.05) is 0 Å². The SMILES string of the molecule is CCOC(=O)/C(=C/c1ccccc1O)NC(=O)c1ccccc1. The van der Waals surface area contributed by atoms with Crippen molar-refractivity contribution in [1.82, 2.24) is 5.32 Å². The lowest BCUT2D eigenvalue weighted by molar-refractivity contribution is -0.138. The van der Waals surface area contributed by atoms with Crippen molar-refractivity contribution in [2.75, 3.05) is 6.61 Å². The average Bonchev–Trinajstić information content (AvgIpc) is 2.57. The van der Waals surface area contributed by atoms with E-state index in [4.69, 9.17) is 4.74 Å². The van der Waals surface area contributed by atoms with E-state index in [9.17, 15) is 14.7 Å². The molecule has 0 aliphatic carbocycles. The number of carbonyl (C=O) groups is 2. The van der Waals surface area contributed by atoms with E-state index in [-0.39, 0.29) is 18.1 Å². The highest BCUT2D eigenvalue weighted by Gasteiger charge is 2.16. The van der Waals surface area contributed by atoms with E-state index in [0.29, 0.717) is 11.1 Å². The second kappa shape index (κ2) is 7.79. The number of esters is 1. The Bertz CT molecular complexity index is 723. The molecule has 118 valence electrons. The molecule has 0 heterocycles. The smallest absolute Gasteiger partial charge is 0.354 e. The fourth-order valence-corrected chi connectivity index (χ4v) is 1.90. The van der Waals surface area contributed by atoms with Crippen molar-refractivity contribution in [2.45, 2.75) is 6.92 Å². The Kier molecular flexibility index (Phi) is 5.52. The molecule has 0 aliphatic heterocycles. The predicted molar refractivity (Wildman–Crippen MR) is 86.6 cm³/mol. The van der Waals surface area contributed by atoms with E-state index >= 15 is 0 Å². The van der Waals surface area contributed by atoms with E-state index in [1.165, 1.54) is 12.1 Å². The van der Waals surface area contributed by atoms with Gasteiger partial charge in [0.2, 0.25) is 0 Å². The van der Waals surface area contributed by atoms with E-state index in [1.54, 1.807) is 55.5 Å². The van der Waals surface area contributed by atoms with Crippen LogP contribution in [0.5, 0.6) is 5.75 Å². The third-order valence-electron chi connectivity index (χ3n) is 3.02. The molecule has 0 spiro atoms. The second-order valence-electron chi connectivity index (χ2n) is 4.66. The number of para-hydroxylation sites is 1. The number of phenols is 1. The topological polar surface area (TPSA) is 75.6 Å². The van der Waals surface area contributed by atoms with Gasteiger partial charge in [-0.1, -0.05) is 36.4 Å². The molecule has 0 unspecified atom stereocenters. The van der Waals surface area contributed by atoms with Crippen LogP contribution in [-0.4, -0.2) is 23.6 Å². The predicted octanol–water partition coefficient (Wildman–Crippen LogP) is 2.73. The first-order valence-electron chi connectivity index (χ1n) is 7.15. The number of nitrogens with one attached hydrogen (secondary N) is 1. The summed E-state index contributed by atoms with van der Waals surface area (Å²) in [6.45, 7) is 1.85. The number of benzene rings is 2. The molecular weight excluding hydrogens is 294 g/mol. The number of hydrogen-bond donors (Lipinski definition) is 2. The molecule has 23 heavy (non-hydrogen) atoms. The van der Waals surface area contributed by atoms with Crippen molar-refractivity contribution >= 4 is 18.0 Å². The minimum atomic E-state index is -0.667. The van der Waals surface area contributed by atoms with Gasteiger partial charge in [0.25, 0.3) is 5.91 Å². The normalized spacial score (nSPS) is 10.9. The Hall–Kier alpha value is -3.08. The average molecular weight is 311 g/mol. The molecule has 2 aromatic carbocycles. The Balaban J connectivity index is 2.30. The summed E-state index contributed by atoms with van der Waals surface area (Å²) in [6.07, 6.45) is 1.38. The van der Waals surface area contributed by atoms with E-state index in [2.05, 4.69) is 5.32 Å². The number of hydrogen-bond acceptors (Lipinski definition) is 4. The van der Waals surface area contributed by atoms with Gasteiger partial charge in [-0.05, 0) is 31.2 Å². The number of carbonyl (C=O) groups excluding carboxylic acids is 2. The summed E-state index contributed by atoms with van der Waals surface area (Å²) >= 11 is 0. The van der Waals surface area contributed by atoms with Crippen LogP contribution in [0.2, 0.25) is 0 Å². The van der Waals surface area contributed by atoms with Crippen molar-refractivity contribution < 1.29 is 19.4 Å². The van der Waals surface area contributed by atoms with Crippen LogP contribution in [0.25, 0.3) is 6.08 Å². The zero-order valence-electron chi connectivity index (χ0n) is 12.7. The maximum Gasteiger partial charge on any atom is 0.354 e. The highest BCUT2D eigenvalue weighted by atomic mass is 16.5. The van der Waals surface area contributed by atoms with Crippen LogP contribution in [0.15, 0.2) is 60.3 Å². The minimum Gasteiger partial charge on any atom is -0.507 e. The minimum absolute atomic E-state index is 0.00302. The molecule has 0 atom stereocenters. The lowest BCUT2D eigenvalue weighted by Gasteiger charge is -2.10. The summed E-state index contributed by atoms with van der Waals surface area (Å²) in [7, 11) is 0. The van der Waals surface area contributed by atoms with Crippen molar-refractivity contribution in [3.63, 3.8) is 0 Å². The number of phenolic OH excluding ortho intramolecular Hbond substituents is 1. The molecule has 5 nitrogen and oxygen atoms in total. The van der Waals surface area contributed by atoms with Gasteiger partial charge in [0.15, 0.2) is 0 Å². The van der Waals surface area contributed by atoms with Gasteiger partial charge < -0.3 is 15.2 Å². The first kappa shape index (κ1) is 16.3. The van der Waals surface area contributed by atoms with Gasteiger partial charge in [0.05, 0.1) is 6.61 Å². The van der Waals surface area contributed by atoms with Gasteiger partial charge in [-0.2, -0.15) is 0 Å². The van der Waals surface area contributed by atoms with Gasteiger partial charge >= 0.3 is 5.97 Å². The zero-order valence-corrected chi connectivity index (χ0v) is 12.7. The van der Waals surface area contributed by atoms with Crippen molar-refractivity contribution in [1.29, 1.82) is 0 Å². The van der Waals surface area contributed by atoms with Crippen LogP contribution in [0.4, 0.5) is 0 Å². The van der Waals surface area contributed by atoms with Crippen LogP contribution in [-0.2, 0) is 9.53 Å². The molecule has 0 saturated carbocycles. The largest absolute Gasteiger partial charge is 0.507 e. The Morgan fingerprint density at radius 1 is 1.09 bits per heavy atom. The summed E-state index contributed by atoms with van der Waals surface area (Å²) in [5.74, 6) is -1.09. The lowest BCUT2D eigenvalue weighted by Crippen LogP contribution is -2.28. The van der Waals surface area contributed by atoms with Crippen molar-refractivity contribution in [3.8, 4) is 5.75 Å². The monoisotopic (exact) mass is 311 g/mol. The standard InChI is InChI=1S/C18H17NO4/c1-2-23-18(22)15(12-14-10-6-7-11-16(14)20)19-17(21)13-8-4-3-5-9-13/h3-12,20H,2H2,1H3,(H,19,21)/b15-12-. The van der Waals surface area contributed by atoms with Crippen molar-refractivity contribution in [3.05, 3.63) is 71.4 Å². The summed E-state index contributed by atoms with van der Waals surface area (Å²) < 4.78 is 4.95. The van der Waals surface area contributed by atoms with Crippen molar-refractivity contribution in [2.24, 2.45) is 0 Å². The van der Waals surface area contributed by atoms with Gasteiger partial charge in [-0.3, -0.25) is 4.79 Å². The molecule has 1 amide bonds. The van der Waals surface area contributed by atoms with E-state index < -0.39 is 11.9 Å². The van der Waals surface area contributed by atoms with Gasteiger partial charge in [0.1, 0.15) is 11.4 Å². The highest BCUT2D eigenvalue weighted by molar-refractivity contribution is 6.03. The number of amides is 1. The van der Waals surface area contributed by atoms with Gasteiger partial charge in [-0.15, -0.1) is 0 Å². The van der Waals surface area contributed by atoms with Gasteiger partial charge in [0, 0.05) is 11.1 Å². The maximum absolute atomic E-state index is 12.2. The summed E-state index contributed by atoms with van der Waals surface area (Å²) in [4.78, 5) is 24.3. The quantitative estimate of drug-likeness (QED) is 0.657. The fourth-order valence-electron chi connectivity index (χ4n) is 1.90. The third kappa shape index (κ3) is 4.44. The highest BCUT2D eigenvalue weighted by Crippen LogP contribution is 2.19. The molecule has 2 aromatic rings. The van der Waals surface area contributed by atoms with Gasteiger partial charge in [-0.25, -0.2) is 4.79 Å². The lowest BCUT2D eigenvalue weighted by atomic mass is 10.1. The van der Waals surface area contributed by atoms with E-state index in [0.717, 1.165) is 0 Å². The zero-order chi connectivity index (χ0) is 16.7. The van der Waals surface area contributed by atoms with Crippen LogP contribution < -0.4 is 5.32 Å². The molecular formula is C18H17NO4. The molecule has 0 aromatic heterocycles. The van der Waals surface area contributed by atoms with Crippen LogP contribution in [0.1, 0.15) is 22.8 Å².